The molecule has 0 aliphatic carbocycles. The van der Waals surface area contributed by atoms with Crippen LogP contribution in [0.5, 0.6) is 0 Å². The first kappa shape index (κ1) is 20.0. The molecule has 2 aromatic rings. The van der Waals surface area contributed by atoms with Crippen molar-refractivity contribution in [2.45, 2.75) is 25.0 Å². The van der Waals surface area contributed by atoms with Gasteiger partial charge in [0.2, 0.25) is 3.79 Å². The van der Waals surface area contributed by atoms with Crippen LogP contribution in [-0.4, -0.2) is 23.7 Å². The predicted octanol–water partition coefficient (Wildman–Crippen LogP) is 6.46. The zero-order chi connectivity index (χ0) is 17.5. The molecular formula is C15H11Cl7O. The van der Waals surface area contributed by atoms with Crippen molar-refractivity contribution in [2.24, 2.45) is 0 Å². The molecule has 126 valence electrons. The Morgan fingerprint density at radius 3 is 2.00 bits per heavy atom. The fourth-order valence-electron chi connectivity index (χ4n) is 2.21. The number of rotatable bonds is 4. The smallest absolute Gasteiger partial charge is 0.226 e. The number of fused-ring (bicyclic) bond motifs is 1. The van der Waals surface area contributed by atoms with E-state index < -0.39 is 18.6 Å². The molecule has 23 heavy (non-hydrogen) atoms. The van der Waals surface area contributed by atoms with Crippen LogP contribution in [0.1, 0.15) is 5.56 Å². The summed E-state index contributed by atoms with van der Waals surface area (Å²) in [5.41, 5.74) is 0.815. The zero-order valence-corrected chi connectivity index (χ0v) is 16.7. The lowest BCUT2D eigenvalue weighted by atomic mass is 9.97. The molecule has 1 unspecified atom stereocenters. The van der Waals surface area contributed by atoms with E-state index in [-0.39, 0.29) is 6.42 Å². The highest BCUT2D eigenvalue weighted by molar-refractivity contribution is 6.78. The molecule has 0 aliphatic rings. The molecule has 0 heterocycles. The van der Waals surface area contributed by atoms with Gasteiger partial charge in [-0.25, -0.2) is 0 Å². The number of benzene rings is 2. The minimum absolute atomic E-state index is 0.0797. The predicted molar refractivity (Wildman–Crippen MR) is 103 cm³/mol. The van der Waals surface area contributed by atoms with Gasteiger partial charge in [-0.3, -0.25) is 0 Å². The second-order valence-corrected chi connectivity index (χ2v) is 10.0. The van der Waals surface area contributed by atoms with Crippen molar-refractivity contribution in [2.75, 3.05) is 0 Å². The molecule has 0 fully saturated rings. The van der Waals surface area contributed by atoms with E-state index in [4.69, 9.17) is 81.2 Å². The molecule has 0 aliphatic heterocycles. The van der Waals surface area contributed by atoms with E-state index in [0.717, 1.165) is 16.3 Å². The van der Waals surface area contributed by atoms with Gasteiger partial charge in [-0.2, -0.15) is 0 Å². The highest BCUT2D eigenvalue weighted by Gasteiger charge is 2.62. The number of hydrogen-bond donors (Lipinski definition) is 1. The number of alkyl halides is 7. The van der Waals surface area contributed by atoms with E-state index in [1.165, 1.54) is 0 Å². The SMILES string of the molecule is OC(Cc1cccc2ccccc12)C(Cl)(Cl)C(Cl)(Cl)C(Cl)(Cl)Cl. The van der Waals surface area contributed by atoms with Crippen molar-refractivity contribution in [1.29, 1.82) is 0 Å². The average molecular weight is 455 g/mol. The highest BCUT2D eigenvalue weighted by atomic mass is 35.6. The Morgan fingerprint density at radius 1 is 0.826 bits per heavy atom. The van der Waals surface area contributed by atoms with Crippen LogP contribution in [0.2, 0.25) is 0 Å². The maximum Gasteiger partial charge on any atom is 0.226 e. The molecule has 2 rings (SSSR count). The molecule has 2 aromatic carbocycles. The van der Waals surface area contributed by atoms with Crippen molar-refractivity contribution in [1.82, 2.24) is 0 Å². The van der Waals surface area contributed by atoms with Gasteiger partial charge in [0.15, 0.2) is 8.67 Å². The number of halogens is 7. The quantitative estimate of drug-likeness (QED) is 0.525. The van der Waals surface area contributed by atoms with Crippen molar-refractivity contribution >= 4 is 92.0 Å². The highest BCUT2D eigenvalue weighted by Crippen LogP contribution is 2.57. The number of hydrogen-bond acceptors (Lipinski definition) is 1. The Balaban J connectivity index is 2.35. The third-order valence-corrected chi connectivity index (χ3v) is 7.54. The van der Waals surface area contributed by atoms with E-state index in [0.29, 0.717) is 0 Å². The maximum atomic E-state index is 10.5. The lowest BCUT2D eigenvalue weighted by molar-refractivity contribution is 0.149. The van der Waals surface area contributed by atoms with Crippen molar-refractivity contribution in [3.63, 3.8) is 0 Å². The van der Waals surface area contributed by atoms with Crippen molar-refractivity contribution < 1.29 is 5.11 Å². The summed E-state index contributed by atoms with van der Waals surface area (Å²) in [6.45, 7) is 0. The van der Waals surface area contributed by atoms with Gasteiger partial charge in [0.1, 0.15) is 0 Å². The molecule has 1 nitrogen and oxygen atoms in total. The van der Waals surface area contributed by atoms with Crippen molar-refractivity contribution in [3.05, 3.63) is 48.0 Å². The first-order valence-electron chi connectivity index (χ1n) is 6.45. The van der Waals surface area contributed by atoms with Crippen LogP contribution in [0.15, 0.2) is 42.5 Å². The van der Waals surface area contributed by atoms with Crippen LogP contribution >= 0.6 is 81.2 Å². The summed E-state index contributed by atoms with van der Waals surface area (Å²) in [6.07, 6.45) is -1.29. The third kappa shape index (κ3) is 3.93. The van der Waals surface area contributed by atoms with E-state index >= 15 is 0 Å². The molecule has 0 bridgehead atoms. The van der Waals surface area contributed by atoms with Gasteiger partial charge in [0.25, 0.3) is 0 Å². The minimum Gasteiger partial charge on any atom is -0.390 e. The van der Waals surface area contributed by atoms with Gasteiger partial charge < -0.3 is 5.11 Å². The Hall–Kier alpha value is 0.690. The van der Waals surface area contributed by atoms with Gasteiger partial charge in [-0.1, -0.05) is 124 Å². The van der Waals surface area contributed by atoms with Crippen LogP contribution < -0.4 is 0 Å². The van der Waals surface area contributed by atoms with Crippen LogP contribution in [0, 0.1) is 0 Å². The molecule has 0 saturated carbocycles. The summed E-state index contributed by atoms with van der Waals surface area (Å²) < 4.78 is -6.53. The van der Waals surface area contributed by atoms with Gasteiger partial charge in [-0.15, -0.1) is 0 Å². The first-order valence-corrected chi connectivity index (χ1v) is 9.10. The molecule has 1 atom stereocenters. The summed E-state index contributed by atoms with van der Waals surface area (Å²) in [5, 5.41) is 12.4. The minimum atomic E-state index is -2.22. The van der Waals surface area contributed by atoms with Crippen LogP contribution in [0.3, 0.4) is 0 Å². The first-order chi connectivity index (χ1) is 10.5. The number of aliphatic hydroxyl groups excluding tert-OH is 1. The summed E-state index contributed by atoms with van der Waals surface area (Å²) in [5.74, 6) is 0. The van der Waals surface area contributed by atoms with E-state index in [1.807, 2.05) is 42.5 Å². The molecule has 0 spiro atoms. The third-order valence-electron chi connectivity index (χ3n) is 3.49. The monoisotopic (exact) mass is 452 g/mol. The largest absolute Gasteiger partial charge is 0.390 e. The summed E-state index contributed by atoms with van der Waals surface area (Å²) in [7, 11) is 0. The van der Waals surface area contributed by atoms with Gasteiger partial charge in [0.05, 0.1) is 6.10 Å². The molecule has 1 N–H and O–H groups in total. The summed E-state index contributed by atoms with van der Waals surface area (Å²) in [4.78, 5) is 0. The van der Waals surface area contributed by atoms with E-state index in [9.17, 15) is 5.11 Å². The van der Waals surface area contributed by atoms with E-state index in [2.05, 4.69) is 0 Å². The summed E-state index contributed by atoms with van der Waals surface area (Å²) in [6, 6.07) is 13.3. The standard InChI is InChI=1S/C15H11Cl7O/c16-13(17,14(18,19)15(20,21)22)12(23)8-10-6-3-5-9-4-1-2-7-11(9)10/h1-7,12,23H,8H2. The second kappa shape index (κ2) is 7.13. The van der Waals surface area contributed by atoms with Gasteiger partial charge >= 0.3 is 0 Å². The molecule has 0 amide bonds. The van der Waals surface area contributed by atoms with Crippen LogP contribution in [0.25, 0.3) is 10.8 Å². The zero-order valence-electron chi connectivity index (χ0n) is 11.4. The second-order valence-electron chi connectivity index (χ2n) is 5.05. The molecule has 0 saturated heterocycles. The van der Waals surface area contributed by atoms with Gasteiger partial charge in [0, 0.05) is 6.42 Å². The molecule has 8 heteroatoms. The normalized spacial score (nSPS) is 15.0. The topological polar surface area (TPSA) is 20.2 Å². The van der Waals surface area contributed by atoms with Crippen LogP contribution in [-0.2, 0) is 6.42 Å². The Bertz CT molecular complexity index is 688. The lowest BCUT2D eigenvalue weighted by Crippen LogP contribution is -2.54. The Morgan fingerprint density at radius 2 is 1.39 bits per heavy atom. The number of aliphatic hydroxyl groups is 1. The van der Waals surface area contributed by atoms with Crippen LogP contribution in [0.4, 0.5) is 0 Å². The fourth-order valence-corrected chi connectivity index (χ4v) is 3.63. The van der Waals surface area contributed by atoms with E-state index in [1.54, 1.807) is 0 Å². The van der Waals surface area contributed by atoms with Gasteiger partial charge in [-0.05, 0) is 16.3 Å². The maximum absolute atomic E-state index is 10.5. The van der Waals surface area contributed by atoms with Crippen molar-refractivity contribution in [3.8, 4) is 0 Å². The molecule has 0 radical (unpaired) electrons. The fraction of sp³-hybridized carbons (Fsp3) is 0.333. The molecular weight excluding hydrogens is 444 g/mol. The summed E-state index contributed by atoms with van der Waals surface area (Å²) >= 11 is 41.6. The Labute approximate surface area is 169 Å². The lowest BCUT2D eigenvalue weighted by Gasteiger charge is -2.40. The Kier molecular flexibility index (Phi) is 6.20. The average Bonchev–Trinajstić information content (AvgIpc) is 2.46. The molecule has 0 aromatic heterocycles.